The third kappa shape index (κ3) is 2.44. The molecule has 1 aromatic heterocycles. The maximum Gasteiger partial charge on any atom is 0.214 e. The highest BCUT2D eigenvalue weighted by molar-refractivity contribution is 5.48. The molecule has 1 saturated heterocycles. The van der Waals surface area contributed by atoms with Crippen molar-refractivity contribution in [2.75, 3.05) is 32.1 Å². The average Bonchev–Trinajstić information content (AvgIpc) is 2.39. The van der Waals surface area contributed by atoms with Crippen molar-refractivity contribution in [2.45, 2.75) is 18.9 Å². The number of hydrogen-bond donors (Lipinski definition) is 1. The van der Waals surface area contributed by atoms with Crippen LogP contribution in [-0.4, -0.2) is 38.3 Å². The number of nitrogens with zero attached hydrogens (tertiary/aromatic N) is 2. The van der Waals surface area contributed by atoms with Crippen LogP contribution in [0.4, 0.5) is 5.69 Å². The number of nitrogens with one attached hydrogen (secondary N) is 1. The second kappa shape index (κ2) is 5.16. The van der Waals surface area contributed by atoms with Gasteiger partial charge in [-0.25, -0.2) is 4.98 Å². The van der Waals surface area contributed by atoms with Crippen molar-refractivity contribution in [3.8, 4) is 5.88 Å². The van der Waals surface area contributed by atoms with Crippen LogP contribution in [0, 0.1) is 0 Å². The number of ether oxygens (including phenoxy) is 1. The lowest BCUT2D eigenvalue weighted by Crippen LogP contribution is -2.44. The molecule has 0 bridgehead atoms. The average molecular weight is 221 g/mol. The van der Waals surface area contributed by atoms with Crippen LogP contribution < -0.4 is 15.0 Å². The first-order valence-corrected chi connectivity index (χ1v) is 5.75. The second-order valence-electron chi connectivity index (χ2n) is 4.17. The number of hydrogen-bond acceptors (Lipinski definition) is 4. The summed E-state index contributed by atoms with van der Waals surface area (Å²) in [5.74, 6) is 0.674. The van der Waals surface area contributed by atoms with Gasteiger partial charge in [0.25, 0.3) is 0 Å². The van der Waals surface area contributed by atoms with Crippen molar-refractivity contribution in [1.82, 2.24) is 10.3 Å². The standard InChI is InChI=1S/C12H19N3O/c1-15(11-4-3-6-13-9-11)10-5-7-14-12(8-10)16-2/h5,7-8,11,13H,3-4,6,9H2,1-2H3. The van der Waals surface area contributed by atoms with E-state index in [-0.39, 0.29) is 0 Å². The van der Waals surface area contributed by atoms with Gasteiger partial charge in [0.05, 0.1) is 7.11 Å². The summed E-state index contributed by atoms with van der Waals surface area (Å²) in [5.41, 5.74) is 1.17. The molecular formula is C12H19N3O. The number of likely N-dealkylation sites (N-methyl/N-ethyl adjacent to an activating group) is 1. The van der Waals surface area contributed by atoms with Crippen molar-refractivity contribution in [3.05, 3.63) is 18.3 Å². The molecule has 1 fully saturated rings. The number of aromatic nitrogens is 1. The van der Waals surface area contributed by atoms with Gasteiger partial charge in [-0.2, -0.15) is 0 Å². The van der Waals surface area contributed by atoms with Crippen molar-refractivity contribution < 1.29 is 4.74 Å². The van der Waals surface area contributed by atoms with Gasteiger partial charge in [-0.05, 0) is 25.5 Å². The SMILES string of the molecule is COc1cc(N(C)C2CCCNC2)ccn1. The first-order chi connectivity index (χ1) is 7.81. The Balaban J connectivity index is 2.09. The van der Waals surface area contributed by atoms with Gasteiger partial charge in [0, 0.05) is 37.6 Å². The summed E-state index contributed by atoms with van der Waals surface area (Å²) in [5, 5.41) is 3.43. The quantitative estimate of drug-likeness (QED) is 0.834. The molecular weight excluding hydrogens is 202 g/mol. The van der Waals surface area contributed by atoms with Crippen molar-refractivity contribution >= 4 is 5.69 Å². The summed E-state index contributed by atoms with van der Waals surface area (Å²) < 4.78 is 5.14. The molecule has 0 spiro atoms. The fraction of sp³-hybridized carbons (Fsp3) is 0.583. The highest BCUT2D eigenvalue weighted by Gasteiger charge is 2.18. The van der Waals surface area contributed by atoms with Crippen LogP contribution in [0.5, 0.6) is 5.88 Å². The van der Waals surface area contributed by atoms with E-state index in [0.717, 1.165) is 13.1 Å². The van der Waals surface area contributed by atoms with Gasteiger partial charge in [-0.3, -0.25) is 0 Å². The fourth-order valence-electron chi connectivity index (χ4n) is 2.10. The smallest absolute Gasteiger partial charge is 0.214 e. The van der Waals surface area contributed by atoms with Crippen LogP contribution in [-0.2, 0) is 0 Å². The molecule has 1 atom stereocenters. The molecule has 2 heterocycles. The van der Waals surface area contributed by atoms with E-state index in [9.17, 15) is 0 Å². The third-order valence-corrected chi connectivity index (χ3v) is 3.15. The lowest BCUT2D eigenvalue weighted by molar-refractivity contribution is 0.397. The Morgan fingerprint density at radius 1 is 1.56 bits per heavy atom. The van der Waals surface area contributed by atoms with Crippen molar-refractivity contribution in [2.24, 2.45) is 0 Å². The number of pyridine rings is 1. The van der Waals surface area contributed by atoms with Gasteiger partial charge >= 0.3 is 0 Å². The Bertz CT molecular complexity index is 337. The highest BCUT2D eigenvalue weighted by atomic mass is 16.5. The third-order valence-electron chi connectivity index (χ3n) is 3.15. The van der Waals surface area contributed by atoms with Crippen LogP contribution in [0.1, 0.15) is 12.8 Å². The van der Waals surface area contributed by atoms with Gasteiger partial charge in [0.1, 0.15) is 0 Å². The maximum atomic E-state index is 5.14. The van der Waals surface area contributed by atoms with E-state index in [0.29, 0.717) is 11.9 Å². The number of piperidine rings is 1. The summed E-state index contributed by atoms with van der Waals surface area (Å²) in [6.07, 6.45) is 4.28. The first kappa shape index (κ1) is 11.2. The van der Waals surface area contributed by atoms with Crippen LogP contribution in [0.25, 0.3) is 0 Å². The molecule has 2 rings (SSSR count). The van der Waals surface area contributed by atoms with Crippen molar-refractivity contribution in [1.29, 1.82) is 0 Å². The predicted octanol–water partition coefficient (Wildman–Crippen LogP) is 1.28. The molecule has 0 aromatic carbocycles. The van der Waals surface area contributed by atoms with Crippen LogP contribution in [0.3, 0.4) is 0 Å². The molecule has 88 valence electrons. The van der Waals surface area contributed by atoms with Gasteiger partial charge in [-0.15, -0.1) is 0 Å². The molecule has 16 heavy (non-hydrogen) atoms. The Morgan fingerprint density at radius 2 is 2.44 bits per heavy atom. The van der Waals surface area contributed by atoms with Gasteiger partial charge in [0.15, 0.2) is 0 Å². The topological polar surface area (TPSA) is 37.4 Å². The molecule has 1 aromatic rings. The van der Waals surface area contributed by atoms with E-state index in [1.807, 2.05) is 12.1 Å². The molecule has 1 aliphatic rings. The van der Waals surface area contributed by atoms with E-state index in [2.05, 4.69) is 22.2 Å². The van der Waals surface area contributed by atoms with E-state index in [4.69, 9.17) is 4.74 Å². The van der Waals surface area contributed by atoms with Gasteiger partial charge in [0.2, 0.25) is 5.88 Å². The monoisotopic (exact) mass is 221 g/mol. The zero-order valence-corrected chi connectivity index (χ0v) is 9.94. The lowest BCUT2D eigenvalue weighted by Gasteiger charge is -2.33. The predicted molar refractivity (Wildman–Crippen MR) is 65.1 cm³/mol. The molecule has 4 heteroatoms. The summed E-state index contributed by atoms with van der Waals surface area (Å²) in [6.45, 7) is 2.20. The molecule has 1 unspecified atom stereocenters. The van der Waals surface area contributed by atoms with Gasteiger partial charge < -0.3 is 15.0 Å². The second-order valence-corrected chi connectivity index (χ2v) is 4.17. The minimum Gasteiger partial charge on any atom is -0.481 e. The minimum atomic E-state index is 0.570. The van der Waals surface area contributed by atoms with E-state index in [1.54, 1.807) is 13.3 Å². The molecule has 4 nitrogen and oxygen atoms in total. The summed E-state index contributed by atoms with van der Waals surface area (Å²) in [4.78, 5) is 6.42. The Hall–Kier alpha value is -1.29. The summed E-state index contributed by atoms with van der Waals surface area (Å²) in [7, 11) is 3.78. The zero-order valence-electron chi connectivity index (χ0n) is 9.94. The molecule has 0 saturated carbocycles. The number of methoxy groups -OCH3 is 1. The van der Waals surface area contributed by atoms with Crippen molar-refractivity contribution in [3.63, 3.8) is 0 Å². The number of rotatable bonds is 3. The summed E-state index contributed by atoms with van der Waals surface area (Å²) >= 11 is 0. The van der Waals surface area contributed by atoms with Crippen LogP contribution in [0.2, 0.25) is 0 Å². The molecule has 0 radical (unpaired) electrons. The summed E-state index contributed by atoms with van der Waals surface area (Å²) in [6, 6.07) is 4.58. The Morgan fingerprint density at radius 3 is 3.12 bits per heavy atom. The van der Waals surface area contributed by atoms with Crippen LogP contribution >= 0.6 is 0 Å². The largest absolute Gasteiger partial charge is 0.481 e. The normalized spacial score (nSPS) is 20.5. The first-order valence-electron chi connectivity index (χ1n) is 5.75. The molecule has 1 aliphatic heterocycles. The zero-order chi connectivity index (χ0) is 11.4. The van der Waals surface area contributed by atoms with E-state index < -0.39 is 0 Å². The van der Waals surface area contributed by atoms with E-state index >= 15 is 0 Å². The molecule has 0 aliphatic carbocycles. The Kier molecular flexibility index (Phi) is 3.62. The highest BCUT2D eigenvalue weighted by Crippen LogP contribution is 2.21. The minimum absolute atomic E-state index is 0.570. The van der Waals surface area contributed by atoms with Gasteiger partial charge in [-0.1, -0.05) is 0 Å². The maximum absolute atomic E-state index is 5.14. The molecule has 0 amide bonds. The fourth-order valence-corrected chi connectivity index (χ4v) is 2.10. The number of anilines is 1. The lowest BCUT2D eigenvalue weighted by atomic mass is 10.1. The van der Waals surface area contributed by atoms with E-state index in [1.165, 1.54) is 18.5 Å². The molecule has 1 N–H and O–H groups in total. The Labute approximate surface area is 96.6 Å². The van der Waals surface area contributed by atoms with Crippen LogP contribution in [0.15, 0.2) is 18.3 Å².